The molecule has 0 unspecified atom stereocenters. The summed E-state index contributed by atoms with van der Waals surface area (Å²) in [4.78, 5) is 12.1. The van der Waals surface area contributed by atoms with Gasteiger partial charge in [-0.25, -0.2) is 0 Å². The number of fused-ring (bicyclic) bond motifs is 1. The second-order valence-electron chi connectivity index (χ2n) is 6.97. The summed E-state index contributed by atoms with van der Waals surface area (Å²) in [5.74, 6) is 1.74. The Balaban J connectivity index is 1.91. The number of ether oxygens (including phenoxy) is 2. The zero-order valence-corrected chi connectivity index (χ0v) is 16.2. The van der Waals surface area contributed by atoms with Gasteiger partial charge in [-0.3, -0.25) is 4.79 Å². The smallest absolute Gasteiger partial charge is 0.139 e. The van der Waals surface area contributed by atoms with Crippen LogP contribution in [-0.4, -0.2) is 26.1 Å². The number of hydrogen-bond donors (Lipinski definition) is 0. The van der Waals surface area contributed by atoms with E-state index in [0.29, 0.717) is 19.6 Å². The largest absolute Gasteiger partial charge is 0.493 e. The van der Waals surface area contributed by atoms with Crippen LogP contribution in [0.3, 0.4) is 0 Å². The second-order valence-corrected chi connectivity index (χ2v) is 6.97. The van der Waals surface area contributed by atoms with Gasteiger partial charge in [-0.15, -0.1) is 0 Å². The Bertz CT molecular complexity index is 875. The molecule has 0 fully saturated rings. The number of Topliss-reactive ketones (excluding diaryl/α,β-unsaturated/α-hetero) is 1. The zero-order chi connectivity index (χ0) is 19.2. The molecule has 0 atom stereocenters. The van der Waals surface area contributed by atoms with Crippen molar-refractivity contribution in [2.75, 3.05) is 20.3 Å². The summed E-state index contributed by atoms with van der Waals surface area (Å²) in [7, 11) is 1.68. The minimum atomic E-state index is 0.0196. The van der Waals surface area contributed by atoms with E-state index in [1.54, 1.807) is 7.11 Å². The number of carbonyl (C=O) groups is 1. The molecule has 0 aliphatic rings. The third kappa shape index (κ3) is 4.77. The van der Waals surface area contributed by atoms with Crippen molar-refractivity contribution in [2.24, 2.45) is 5.92 Å². The lowest BCUT2D eigenvalue weighted by molar-refractivity contribution is -0.121. The Labute approximate surface area is 160 Å². The highest BCUT2D eigenvalue weighted by Gasteiger charge is 2.15. The molecule has 1 aromatic heterocycles. The van der Waals surface area contributed by atoms with Crippen molar-refractivity contribution >= 4 is 16.8 Å². The average Bonchev–Trinajstić information content (AvgIpc) is 3.09. The predicted molar refractivity (Wildman–Crippen MR) is 107 cm³/mol. The maximum atomic E-state index is 12.1. The molecule has 0 bridgehead atoms. The first-order valence-corrected chi connectivity index (χ1v) is 9.35. The van der Waals surface area contributed by atoms with Crippen LogP contribution in [0.4, 0.5) is 0 Å². The number of benzene rings is 2. The number of furan rings is 1. The van der Waals surface area contributed by atoms with Gasteiger partial charge in [0.05, 0.1) is 12.2 Å². The second kappa shape index (κ2) is 8.87. The molecule has 0 N–H and O–H groups in total. The van der Waals surface area contributed by atoms with E-state index < -0.39 is 0 Å². The van der Waals surface area contributed by atoms with E-state index in [2.05, 4.69) is 0 Å². The Morgan fingerprint density at radius 3 is 2.63 bits per heavy atom. The predicted octanol–water partition coefficient (Wildman–Crippen LogP) is 5.28. The molecule has 3 rings (SSSR count). The molecule has 2 aromatic carbocycles. The maximum absolute atomic E-state index is 12.1. The van der Waals surface area contributed by atoms with Gasteiger partial charge >= 0.3 is 0 Å². The summed E-state index contributed by atoms with van der Waals surface area (Å²) in [5, 5.41) is 1.05. The summed E-state index contributed by atoms with van der Waals surface area (Å²) >= 11 is 0. The molecule has 142 valence electrons. The van der Waals surface area contributed by atoms with E-state index in [9.17, 15) is 4.79 Å². The van der Waals surface area contributed by atoms with Crippen LogP contribution in [0.25, 0.3) is 22.3 Å². The first kappa shape index (κ1) is 19.2. The molecule has 0 spiro atoms. The average molecular weight is 366 g/mol. The van der Waals surface area contributed by atoms with Crippen LogP contribution in [0, 0.1) is 5.92 Å². The molecule has 4 heteroatoms. The monoisotopic (exact) mass is 366 g/mol. The molecular weight excluding hydrogens is 340 g/mol. The van der Waals surface area contributed by atoms with Crippen molar-refractivity contribution in [3.05, 3.63) is 54.1 Å². The van der Waals surface area contributed by atoms with Crippen molar-refractivity contribution in [1.29, 1.82) is 0 Å². The molecule has 0 radical (unpaired) electrons. The number of ketones is 1. The van der Waals surface area contributed by atoms with Crippen molar-refractivity contribution in [1.82, 2.24) is 0 Å². The van der Waals surface area contributed by atoms with E-state index in [1.807, 2.05) is 62.4 Å². The molecule has 1 heterocycles. The van der Waals surface area contributed by atoms with Gasteiger partial charge in [-0.05, 0) is 29.8 Å². The SMILES string of the molecule is COCCCOc1cc(CC(=O)C(C)C)ccc1-c1cc2ccccc2o1. The fourth-order valence-electron chi connectivity index (χ4n) is 2.90. The number of rotatable bonds is 9. The minimum absolute atomic E-state index is 0.0196. The van der Waals surface area contributed by atoms with Crippen LogP contribution in [-0.2, 0) is 16.0 Å². The molecule has 0 aliphatic heterocycles. The van der Waals surface area contributed by atoms with Crippen LogP contribution >= 0.6 is 0 Å². The minimum Gasteiger partial charge on any atom is -0.493 e. The van der Waals surface area contributed by atoms with E-state index in [-0.39, 0.29) is 11.7 Å². The highest BCUT2D eigenvalue weighted by Crippen LogP contribution is 2.35. The maximum Gasteiger partial charge on any atom is 0.139 e. The quantitative estimate of drug-likeness (QED) is 0.483. The molecule has 0 aliphatic carbocycles. The highest BCUT2D eigenvalue weighted by molar-refractivity contribution is 5.85. The third-order valence-corrected chi connectivity index (χ3v) is 4.51. The van der Waals surface area contributed by atoms with Gasteiger partial charge in [0.15, 0.2) is 0 Å². The summed E-state index contributed by atoms with van der Waals surface area (Å²) in [6.45, 7) is 5.04. The zero-order valence-electron chi connectivity index (χ0n) is 16.2. The van der Waals surface area contributed by atoms with Gasteiger partial charge in [0, 0.05) is 37.9 Å². The summed E-state index contributed by atoms with van der Waals surface area (Å²) in [6.07, 6.45) is 1.21. The Hall–Kier alpha value is -2.59. The lowest BCUT2D eigenvalue weighted by atomic mass is 9.99. The fraction of sp³-hybridized carbons (Fsp3) is 0.348. The lowest BCUT2D eigenvalue weighted by Gasteiger charge is -2.12. The van der Waals surface area contributed by atoms with Crippen molar-refractivity contribution in [3.63, 3.8) is 0 Å². The Morgan fingerprint density at radius 2 is 1.89 bits per heavy atom. The standard InChI is InChI=1S/C23H26O4/c1-16(2)20(24)13-17-9-10-19(22(14-17)26-12-6-11-25-3)23-15-18-7-4-5-8-21(18)27-23/h4-5,7-10,14-16H,6,11-13H2,1-3H3. The van der Waals surface area contributed by atoms with Gasteiger partial charge in [0.2, 0.25) is 0 Å². The van der Waals surface area contributed by atoms with Crippen LogP contribution < -0.4 is 4.74 Å². The number of hydrogen-bond acceptors (Lipinski definition) is 4. The van der Waals surface area contributed by atoms with Crippen molar-refractivity contribution in [2.45, 2.75) is 26.7 Å². The molecule has 0 amide bonds. The number of para-hydroxylation sites is 1. The first-order chi connectivity index (χ1) is 13.1. The molecule has 27 heavy (non-hydrogen) atoms. The summed E-state index contributed by atoms with van der Waals surface area (Å²) in [6, 6.07) is 15.9. The van der Waals surface area contributed by atoms with Crippen LogP contribution in [0.2, 0.25) is 0 Å². The Kier molecular flexibility index (Phi) is 6.30. The highest BCUT2D eigenvalue weighted by atomic mass is 16.5. The van der Waals surface area contributed by atoms with E-state index in [1.165, 1.54) is 0 Å². The normalized spacial score (nSPS) is 11.3. The third-order valence-electron chi connectivity index (χ3n) is 4.51. The van der Waals surface area contributed by atoms with Crippen molar-refractivity contribution < 1.29 is 18.7 Å². The van der Waals surface area contributed by atoms with Gasteiger partial charge < -0.3 is 13.9 Å². The summed E-state index contributed by atoms with van der Waals surface area (Å²) < 4.78 is 17.1. The topological polar surface area (TPSA) is 48.7 Å². The summed E-state index contributed by atoms with van der Waals surface area (Å²) in [5.41, 5.74) is 2.69. The van der Waals surface area contributed by atoms with Gasteiger partial charge in [-0.2, -0.15) is 0 Å². The number of methoxy groups -OCH3 is 1. The first-order valence-electron chi connectivity index (χ1n) is 9.35. The molecular formula is C23H26O4. The van der Waals surface area contributed by atoms with Crippen LogP contribution in [0.5, 0.6) is 5.75 Å². The van der Waals surface area contributed by atoms with Gasteiger partial charge in [0.1, 0.15) is 22.9 Å². The van der Waals surface area contributed by atoms with Crippen molar-refractivity contribution in [3.8, 4) is 17.1 Å². The van der Waals surface area contributed by atoms with E-state index in [0.717, 1.165) is 40.0 Å². The van der Waals surface area contributed by atoms with E-state index >= 15 is 0 Å². The molecule has 4 nitrogen and oxygen atoms in total. The molecule has 3 aromatic rings. The van der Waals surface area contributed by atoms with Crippen LogP contribution in [0.15, 0.2) is 52.9 Å². The molecule has 0 saturated carbocycles. The van der Waals surface area contributed by atoms with Crippen LogP contribution in [0.1, 0.15) is 25.8 Å². The lowest BCUT2D eigenvalue weighted by Crippen LogP contribution is -2.10. The van der Waals surface area contributed by atoms with E-state index in [4.69, 9.17) is 13.9 Å². The van der Waals surface area contributed by atoms with Gasteiger partial charge in [-0.1, -0.05) is 38.1 Å². The number of carbonyl (C=O) groups excluding carboxylic acids is 1. The van der Waals surface area contributed by atoms with Gasteiger partial charge in [0.25, 0.3) is 0 Å². The Morgan fingerprint density at radius 1 is 1.07 bits per heavy atom. The molecule has 0 saturated heterocycles. The fourth-order valence-corrected chi connectivity index (χ4v) is 2.90.